The van der Waals surface area contributed by atoms with E-state index in [1.54, 1.807) is 0 Å². The number of benzene rings is 1. The van der Waals surface area contributed by atoms with E-state index in [1.165, 1.54) is 6.92 Å². The van der Waals surface area contributed by atoms with Gasteiger partial charge in [-0.05, 0) is 24.0 Å². The normalized spacial score (nSPS) is 13.8. The molecule has 1 aromatic rings. The summed E-state index contributed by atoms with van der Waals surface area (Å²) < 4.78 is 0. The van der Waals surface area contributed by atoms with Gasteiger partial charge in [0.2, 0.25) is 11.7 Å². The fraction of sp³-hybridized carbons (Fsp3) is 0.333. The second kappa shape index (κ2) is 5.17. The molecule has 0 fully saturated rings. The molecule has 1 aliphatic carbocycles. The number of hydrogen-bond donors (Lipinski definition) is 1. The highest BCUT2D eigenvalue weighted by Crippen LogP contribution is 2.34. The van der Waals surface area contributed by atoms with E-state index in [1.807, 2.05) is 24.3 Å². The third kappa shape index (κ3) is 2.21. The van der Waals surface area contributed by atoms with Crippen LogP contribution in [0.5, 0.6) is 0 Å². The van der Waals surface area contributed by atoms with Crippen molar-refractivity contribution in [2.45, 2.75) is 33.1 Å². The van der Waals surface area contributed by atoms with Crippen LogP contribution in [0.3, 0.4) is 0 Å². The van der Waals surface area contributed by atoms with Gasteiger partial charge in [-0.1, -0.05) is 37.6 Å². The molecule has 0 radical (unpaired) electrons. The number of fused-ring (bicyclic) bond motifs is 1. The van der Waals surface area contributed by atoms with E-state index in [9.17, 15) is 9.59 Å². The highest BCUT2D eigenvalue weighted by Gasteiger charge is 2.29. The highest BCUT2D eigenvalue weighted by atomic mass is 16.2. The Kier molecular flexibility index (Phi) is 3.60. The molecule has 1 aliphatic rings. The number of carbonyl (C=O) groups excluding carboxylic acids is 2. The predicted molar refractivity (Wildman–Crippen MR) is 71.0 cm³/mol. The summed E-state index contributed by atoms with van der Waals surface area (Å²) in [4.78, 5) is 23.5. The Morgan fingerprint density at radius 2 is 1.89 bits per heavy atom. The van der Waals surface area contributed by atoms with Crippen LogP contribution in [0.2, 0.25) is 0 Å². The first kappa shape index (κ1) is 12.6. The van der Waals surface area contributed by atoms with E-state index in [0.717, 1.165) is 30.4 Å². The summed E-state index contributed by atoms with van der Waals surface area (Å²) in [7, 11) is 0. The van der Waals surface area contributed by atoms with E-state index in [2.05, 4.69) is 12.2 Å². The number of carbonyl (C=O) groups is 2. The number of Topliss-reactive ketones (excluding diaryl/α,β-unsaturated/α-hetero) is 1. The molecule has 0 saturated heterocycles. The average Bonchev–Trinajstić information content (AvgIpc) is 2.61. The molecule has 3 nitrogen and oxygen atoms in total. The number of amides is 1. The molecule has 2 rings (SSSR count). The summed E-state index contributed by atoms with van der Waals surface area (Å²) in [5.41, 5.74) is 3.12. The summed E-state index contributed by atoms with van der Waals surface area (Å²) in [6.07, 6.45) is 2.90. The first-order valence-electron chi connectivity index (χ1n) is 6.30. The third-order valence-corrected chi connectivity index (χ3v) is 3.11. The summed E-state index contributed by atoms with van der Waals surface area (Å²) in [5.74, 6) is -0.257. The first-order chi connectivity index (χ1) is 8.65. The second-order valence-electron chi connectivity index (χ2n) is 4.51. The van der Waals surface area contributed by atoms with Gasteiger partial charge in [-0.3, -0.25) is 9.59 Å². The smallest absolute Gasteiger partial charge is 0.221 e. The first-order valence-corrected chi connectivity index (χ1v) is 6.30. The second-order valence-corrected chi connectivity index (χ2v) is 4.51. The van der Waals surface area contributed by atoms with Crippen LogP contribution in [0.15, 0.2) is 30.0 Å². The van der Waals surface area contributed by atoms with Crippen molar-refractivity contribution < 1.29 is 9.59 Å². The van der Waals surface area contributed by atoms with Gasteiger partial charge in [0.1, 0.15) is 0 Å². The molecule has 1 N–H and O–H groups in total. The maximum absolute atomic E-state index is 12.2. The third-order valence-electron chi connectivity index (χ3n) is 3.11. The maximum atomic E-state index is 12.2. The fourth-order valence-electron chi connectivity index (χ4n) is 2.27. The molecule has 94 valence electrons. The SMILES string of the molecule is CCCCC1=C(NC(C)=O)C(=O)c2ccccc21. The summed E-state index contributed by atoms with van der Waals surface area (Å²) >= 11 is 0. The van der Waals surface area contributed by atoms with Crippen molar-refractivity contribution in [1.82, 2.24) is 5.32 Å². The molecule has 0 saturated carbocycles. The van der Waals surface area contributed by atoms with Crippen LogP contribution in [0.25, 0.3) is 5.57 Å². The quantitative estimate of drug-likeness (QED) is 0.883. The molecule has 0 heterocycles. The number of ketones is 1. The highest BCUT2D eigenvalue weighted by molar-refractivity contribution is 6.21. The van der Waals surface area contributed by atoms with Crippen molar-refractivity contribution in [2.24, 2.45) is 0 Å². The van der Waals surface area contributed by atoms with E-state index in [-0.39, 0.29) is 11.7 Å². The Balaban J connectivity index is 2.43. The van der Waals surface area contributed by atoms with Crippen molar-refractivity contribution in [3.8, 4) is 0 Å². The lowest BCUT2D eigenvalue weighted by molar-refractivity contribution is -0.118. The molecular weight excluding hydrogens is 226 g/mol. The summed E-state index contributed by atoms with van der Waals surface area (Å²) in [6.45, 7) is 3.54. The molecule has 1 aromatic carbocycles. The van der Waals surface area contributed by atoms with Crippen LogP contribution in [0, 0.1) is 0 Å². The summed E-state index contributed by atoms with van der Waals surface area (Å²) in [5, 5.41) is 2.69. The molecule has 0 spiro atoms. The number of nitrogens with one attached hydrogen (secondary N) is 1. The average molecular weight is 243 g/mol. The molecule has 0 aromatic heterocycles. The molecule has 0 atom stereocenters. The van der Waals surface area contributed by atoms with Crippen LogP contribution < -0.4 is 5.32 Å². The largest absolute Gasteiger partial charge is 0.323 e. The minimum absolute atomic E-state index is 0.0631. The molecule has 0 unspecified atom stereocenters. The van der Waals surface area contributed by atoms with Crippen molar-refractivity contribution in [3.63, 3.8) is 0 Å². The van der Waals surface area contributed by atoms with E-state index in [4.69, 9.17) is 0 Å². The van der Waals surface area contributed by atoms with Gasteiger partial charge < -0.3 is 5.32 Å². The van der Waals surface area contributed by atoms with Gasteiger partial charge in [-0.25, -0.2) is 0 Å². The Morgan fingerprint density at radius 3 is 2.50 bits per heavy atom. The standard InChI is InChI=1S/C15H17NO2/c1-3-4-7-12-11-8-5-6-9-13(11)15(18)14(12)16-10(2)17/h5-6,8-9H,3-4,7H2,1-2H3,(H,16,17,18). The van der Waals surface area contributed by atoms with Crippen molar-refractivity contribution in [2.75, 3.05) is 0 Å². The molecule has 18 heavy (non-hydrogen) atoms. The molecule has 0 bridgehead atoms. The van der Waals surface area contributed by atoms with Crippen LogP contribution in [-0.4, -0.2) is 11.7 Å². The van der Waals surface area contributed by atoms with E-state index < -0.39 is 0 Å². The number of allylic oxidation sites excluding steroid dienone is 2. The lowest BCUT2D eigenvalue weighted by atomic mass is 10.0. The lowest BCUT2D eigenvalue weighted by Gasteiger charge is -2.07. The summed E-state index contributed by atoms with van der Waals surface area (Å²) in [6, 6.07) is 7.55. The Morgan fingerprint density at radius 1 is 1.22 bits per heavy atom. The van der Waals surface area contributed by atoms with E-state index in [0.29, 0.717) is 11.3 Å². The van der Waals surface area contributed by atoms with Gasteiger partial charge in [0, 0.05) is 12.5 Å². The monoisotopic (exact) mass is 243 g/mol. The predicted octanol–water partition coefficient (Wildman–Crippen LogP) is 2.92. The van der Waals surface area contributed by atoms with Crippen LogP contribution in [0.1, 0.15) is 49.0 Å². The topological polar surface area (TPSA) is 46.2 Å². The van der Waals surface area contributed by atoms with Gasteiger partial charge in [0.05, 0.1) is 5.70 Å². The zero-order valence-corrected chi connectivity index (χ0v) is 10.7. The lowest BCUT2D eigenvalue weighted by Crippen LogP contribution is -2.23. The number of hydrogen-bond acceptors (Lipinski definition) is 2. The van der Waals surface area contributed by atoms with Gasteiger partial charge in [-0.2, -0.15) is 0 Å². The van der Waals surface area contributed by atoms with Gasteiger partial charge >= 0.3 is 0 Å². The number of rotatable bonds is 4. The zero-order chi connectivity index (χ0) is 13.1. The van der Waals surface area contributed by atoms with Crippen LogP contribution in [-0.2, 0) is 4.79 Å². The molecule has 1 amide bonds. The number of unbranched alkanes of at least 4 members (excludes halogenated alkanes) is 1. The van der Waals surface area contributed by atoms with Crippen molar-refractivity contribution in [1.29, 1.82) is 0 Å². The molecular formula is C15H17NO2. The Labute approximate surface area is 107 Å². The van der Waals surface area contributed by atoms with Gasteiger partial charge in [0.25, 0.3) is 0 Å². The van der Waals surface area contributed by atoms with Crippen molar-refractivity contribution >= 4 is 17.3 Å². The van der Waals surface area contributed by atoms with Crippen LogP contribution >= 0.6 is 0 Å². The minimum Gasteiger partial charge on any atom is -0.323 e. The van der Waals surface area contributed by atoms with Gasteiger partial charge in [-0.15, -0.1) is 0 Å². The molecule has 3 heteroatoms. The van der Waals surface area contributed by atoms with Crippen LogP contribution in [0.4, 0.5) is 0 Å². The van der Waals surface area contributed by atoms with Crippen molar-refractivity contribution in [3.05, 3.63) is 41.1 Å². The Bertz CT molecular complexity index is 529. The molecule has 0 aliphatic heterocycles. The Hall–Kier alpha value is -1.90. The minimum atomic E-state index is -0.194. The zero-order valence-electron chi connectivity index (χ0n) is 10.7. The fourth-order valence-corrected chi connectivity index (χ4v) is 2.27. The van der Waals surface area contributed by atoms with E-state index >= 15 is 0 Å². The maximum Gasteiger partial charge on any atom is 0.221 e. The van der Waals surface area contributed by atoms with Gasteiger partial charge in [0.15, 0.2) is 0 Å².